The topological polar surface area (TPSA) is 59.1 Å². The Labute approximate surface area is 64.0 Å². The van der Waals surface area contributed by atoms with Gasteiger partial charge in [0.2, 0.25) is 0 Å². The Morgan fingerprint density at radius 3 is 3.27 bits per heavy atom. The first-order valence-electron chi connectivity index (χ1n) is 3.61. The molecule has 0 amide bonds. The molecule has 58 valence electrons. The maximum Gasteiger partial charge on any atom is 0.153 e. The predicted octanol–water partition coefficient (Wildman–Crippen LogP) is 0.164. The molecule has 0 saturated heterocycles. The Bertz CT molecular complexity index is 317. The van der Waals surface area contributed by atoms with Gasteiger partial charge in [-0.1, -0.05) is 0 Å². The molecule has 0 spiro atoms. The molecule has 2 aromatic heterocycles. The molecule has 0 unspecified atom stereocenters. The molecule has 0 aliphatic heterocycles. The van der Waals surface area contributed by atoms with Gasteiger partial charge < -0.3 is 10.8 Å². The van der Waals surface area contributed by atoms with Gasteiger partial charge in [-0.25, -0.2) is 9.50 Å². The van der Waals surface area contributed by atoms with E-state index in [0.29, 0.717) is 6.54 Å². The van der Waals surface area contributed by atoms with Gasteiger partial charge in [-0.3, -0.25) is 0 Å². The van der Waals surface area contributed by atoms with E-state index in [4.69, 9.17) is 5.73 Å². The van der Waals surface area contributed by atoms with Gasteiger partial charge in [0.1, 0.15) is 0 Å². The van der Waals surface area contributed by atoms with Crippen molar-refractivity contribution in [2.45, 2.75) is 6.42 Å². The molecule has 0 fully saturated rings. The highest BCUT2D eigenvalue weighted by molar-refractivity contribution is 5.37. The van der Waals surface area contributed by atoms with Crippen LogP contribution in [-0.4, -0.2) is 21.1 Å². The van der Waals surface area contributed by atoms with E-state index in [9.17, 15) is 0 Å². The smallest absolute Gasteiger partial charge is 0.153 e. The van der Waals surface area contributed by atoms with Gasteiger partial charge in [-0.05, 0) is 6.54 Å². The number of hydrogen-bond acceptors (Lipinski definition) is 2. The van der Waals surface area contributed by atoms with E-state index >= 15 is 0 Å². The maximum absolute atomic E-state index is 5.39. The van der Waals surface area contributed by atoms with Crippen LogP contribution < -0.4 is 5.73 Å². The van der Waals surface area contributed by atoms with E-state index in [1.807, 2.05) is 23.0 Å². The number of nitrogens with zero attached hydrogens (tertiary/aromatic N) is 2. The van der Waals surface area contributed by atoms with Gasteiger partial charge in [0.05, 0.1) is 11.9 Å². The summed E-state index contributed by atoms with van der Waals surface area (Å²) in [6.45, 7) is 0.653. The molecule has 4 nitrogen and oxygen atoms in total. The Morgan fingerprint density at radius 2 is 2.55 bits per heavy atom. The van der Waals surface area contributed by atoms with Crippen LogP contribution >= 0.6 is 0 Å². The fourth-order valence-corrected chi connectivity index (χ4v) is 1.13. The molecular formula is C7H10N4. The first-order chi connectivity index (χ1) is 5.40. The Morgan fingerprint density at radius 1 is 1.64 bits per heavy atom. The van der Waals surface area contributed by atoms with Crippen molar-refractivity contribution in [3.63, 3.8) is 0 Å². The largest absolute Gasteiger partial charge is 0.330 e. The summed E-state index contributed by atoms with van der Waals surface area (Å²) in [4.78, 5) is 4.31. The van der Waals surface area contributed by atoms with E-state index < -0.39 is 0 Å². The van der Waals surface area contributed by atoms with Crippen LogP contribution in [0.15, 0.2) is 18.5 Å². The SMILES string of the molecule is NCCc1cn2[nH]ccc2n1. The lowest BCUT2D eigenvalue weighted by molar-refractivity contribution is 0.922. The van der Waals surface area contributed by atoms with E-state index in [2.05, 4.69) is 10.1 Å². The number of rotatable bonds is 2. The van der Waals surface area contributed by atoms with Gasteiger partial charge in [0.25, 0.3) is 0 Å². The van der Waals surface area contributed by atoms with Gasteiger partial charge in [0, 0.05) is 18.7 Å². The molecule has 0 atom stereocenters. The van der Waals surface area contributed by atoms with Crippen molar-refractivity contribution in [1.29, 1.82) is 0 Å². The van der Waals surface area contributed by atoms with Crippen molar-refractivity contribution >= 4 is 5.65 Å². The van der Waals surface area contributed by atoms with Crippen LogP contribution in [0.2, 0.25) is 0 Å². The van der Waals surface area contributed by atoms with E-state index in [1.165, 1.54) is 0 Å². The monoisotopic (exact) mass is 150 g/mol. The van der Waals surface area contributed by atoms with Crippen LogP contribution in [0.4, 0.5) is 0 Å². The zero-order chi connectivity index (χ0) is 7.68. The summed E-state index contributed by atoms with van der Waals surface area (Å²) in [5, 5.41) is 3.01. The standard InChI is InChI=1S/C7H10N4/c8-3-1-6-5-11-7(10-6)2-4-9-11/h2,4-5,9H,1,3,8H2. The first-order valence-corrected chi connectivity index (χ1v) is 3.61. The summed E-state index contributed by atoms with van der Waals surface area (Å²) in [6.07, 6.45) is 4.66. The molecule has 0 radical (unpaired) electrons. The molecule has 0 aliphatic rings. The summed E-state index contributed by atoms with van der Waals surface area (Å²) >= 11 is 0. The van der Waals surface area contributed by atoms with Crippen LogP contribution in [0, 0.1) is 0 Å². The minimum atomic E-state index is 0.653. The van der Waals surface area contributed by atoms with Crippen molar-refractivity contribution in [2.75, 3.05) is 6.54 Å². The third kappa shape index (κ3) is 1.01. The van der Waals surface area contributed by atoms with Crippen LogP contribution in [0.5, 0.6) is 0 Å². The molecule has 11 heavy (non-hydrogen) atoms. The van der Waals surface area contributed by atoms with E-state index in [0.717, 1.165) is 17.8 Å². The van der Waals surface area contributed by atoms with Crippen molar-refractivity contribution in [3.8, 4) is 0 Å². The molecule has 3 N–H and O–H groups in total. The normalized spacial score (nSPS) is 11.0. The number of H-pyrrole nitrogens is 1. The zero-order valence-electron chi connectivity index (χ0n) is 6.12. The number of aromatic nitrogens is 3. The fourth-order valence-electron chi connectivity index (χ4n) is 1.13. The summed E-state index contributed by atoms with van der Waals surface area (Å²) in [5.74, 6) is 0. The summed E-state index contributed by atoms with van der Waals surface area (Å²) in [6, 6.07) is 1.93. The maximum atomic E-state index is 5.39. The number of hydrogen-bond donors (Lipinski definition) is 2. The molecule has 0 aliphatic carbocycles. The minimum Gasteiger partial charge on any atom is -0.330 e. The van der Waals surface area contributed by atoms with Crippen molar-refractivity contribution in [3.05, 3.63) is 24.2 Å². The summed E-state index contributed by atoms with van der Waals surface area (Å²) in [5.41, 5.74) is 7.38. The highest BCUT2D eigenvalue weighted by atomic mass is 15.2. The second-order valence-corrected chi connectivity index (χ2v) is 2.46. The average Bonchev–Trinajstić information content (AvgIpc) is 2.46. The van der Waals surface area contributed by atoms with Gasteiger partial charge in [0.15, 0.2) is 5.65 Å². The van der Waals surface area contributed by atoms with Crippen LogP contribution in [0.3, 0.4) is 0 Å². The molecule has 0 saturated carbocycles. The Balaban J connectivity index is 2.42. The number of imidazole rings is 1. The first kappa shape index (κ1) is 6.42. The minimum absolute atomic E-state index is 0.653. The summed E-state index contributed by atoms with van der Waals surface area (Å²) < 4.78 is 1.88. The Hall–Kier alpha value is -1.29. The molecule has 0 aromatic carbocycles. The van der Waals surface area contributed by atoms with E-state index in [-0.39, 0.29) is 0 Å². The number of fused-ring (bicyclic) bond motifs is 1. The molecule has 2 aromatic rings. The molecule has 4 heteroatoms. The van der Waals surface area contributed by atoms with E-state index in [1.54, 1.807) is 0 Å². The van der Waals surface area contributed by atoms with Gasteiger partial charge >= 0.3 is 0 Å². The lowest BCUT2D eigenvalue weighted by Crippen LogP contribution is -2.02. The number of aromatic amines is 1. The highest BCUT2D eigenvalue weighted by Crippen LogP contribution is 2.02. The van der Waals surface area contributed by atoms with Crippen molar-refractivity contribution in [2.24, 2.45) is 5.73 Å². The van der Waals surface area contributed by atoms with Crippen molar-refractivity contribution < 1.29 is 0 Å². The Kier molecular flexibility index (Phi) is 1.40. The van der Waals surface area contributed by atoms with Crippen molar-refractivity contribution in [1.82, 2.24) is 14.6 Å². The molecule has 2 heterocycles. The average molecular weight is 150 g/mol. The summed E-state index contributed by atoms with van der Waals surface area (Å²) in [7, 11) is 0. The van der Waals surface area contributed by atoms with Crippen LogP contribution in [0.25, 0.3) is 5.65 Å². The number of nitrogens with one attached hydrogen (secondary N) is 1. The zero-order valence-corrected chi connectivity index (χ0v) is 6.12. The molecular weight excluding hydrogens is 140 g/mol. The fraction of sp³-hybridized carbons (Fsp3) is 0.286. The predicted molar refractivity (Wildman–Crippen MR) is 42.3 cm³/mol. The third-order valence-electron chi connectivity index (χ3n) is 1.63. The molecule has 2 rings (SSSR count). The lowest BCUT2D eigenvalue weighted by Gasteiger charge is -1.86. The van der Waals surface area contributed by atoms with Crippen LogP contribution in [0.1, 0.15) is 5.69 Å². The van der Waals surface area contributed by atoms with Gasteiger partial charge in [-0.15, -0.1) is 0 Å². The van der Waals surface area contributed by atoms with Crippen LogP contribution in [-0.2, 0) is 6.42 Å². The van der Waals surface area contributed by atoms with Gasteiger partial charge in [-0.2, -0.15) is 0 Å². The second kappa shape index (κ2) is 2.39. The second-order valence-electron chi connectivity index (χ2n) is 2.46. The lowest BCUT2D eigenvalue weighted by atomic mass is 10.3. The molecule has 0 bridgehead atoms. The third-order valence-corrected chi connectivity index (χ3v) is 1.63. The quantitative estimate of drug-likeness (QED) is 0.640. The highest BCUT2D eigenvalue weighted by Gasteiger charge is 1.99. The number of nitrogens with two attached hydrogens (primary N) is 1.